The SMILES string of the molecule is CCN1C(=O)NC(=Cc2ccc(OCCOCCOC)cc2)C1=O. The van der Waals surface area contributed by atoms with Crippen LogP contribution in [0.1, 0.15) is 12.5 Å². The molecule has 0 aromatic heterocycles. The molecule has 1 aliphatic rings. The fourth-order valence-electron chi connectivity index (χ4n) is 2.15. The van der Waals surface area contributed by atoms with Gasteiger partial charge in [0.2, 0.25) is 0 Å². The fourth-order valence-corrected chi connectivity index (χ4v) is 2.15. The number of carbonyl (C=O) groups is 2. The maximum atomic E-state index is 12.0. The Labute approximate surface area is 141 Å². The van der Waals surface area contributed by atoms with Gasteiger partial charge in [0.25, 0.3) is 5.91 Å². The third kappa shape index (κ3) is 4.81. The van der Waals surface area contributed by atoms with E-state index >= 15 is 0 Å². The highest BCUT2D eigenvalue weighted by Crippen LogP contribution is 2.17. The van der Waals surface area contributed by atoms with Crippen LogP contribution in [-0.2, 0) is 14.3 Å². The summed E-state index contributed by atoms with van der Waals surface area (Å²) in [7, 11) is 1.63. The molecule has 1 aromatic carbocycles. The number of imide groups is 1. The summed E-state index contributed by atoms with van der Waals surface area (Å²) in [5.41, 5.74) is 1.09. The quantitative estimate of drug-likeness (QED) is 0.422. The summed E-state index contributed by atoms with van der Waals surface area (Å²) < 4.78 is 15.7. The standard InChI is InChI=1S/C17H22N2O5/c1-3-19-16(20)15(18-17(19)21)12-13-4-6-14(7-5-13)24-11-10-23-9-8-22-2/h4-7,12H,3,8-11H2,1-2H3,(H,18,21). The number of ether oxygens (including phenoxy) is 3. The van der Waals surface area contributed by atoms with E-state index in [1.807, 2.05) is 12.1 Å². The monoisotopic (exact) mass is 334 g/mol. The molecule has 24 heavy (non-hydrogen) atoms. The average Bonchev–Trinajstić information content (AvgIpc) is 2.85. The number of carbonyl (C=O) groups excluding carboxylic acids is 2. The Morgan fingerprint density at radius 3 is 2.42 bits per heavy atom. The normalized spacial score (nSPS) is 15.9. The van der Waals surface area contributed by atoms with Crippen LogP contribution >= 0.6 is 0 Å². The van der Waals surface area contributed by atoms with Crippen molar-refractivity contribution in [1.29, 1.82) is 0 Å². The molecule has 1 heterocycles. The highest BCUT2D eigenvalue weighted by Gasteiger charge is 2.31. The summed E-state index contributed by atoms with van der Waals surface area (Å²) in [5, 5.41) is 2.57. The van der Waals surface area contributed by atoms with E-state index in [9.17, 15) is 9.59 Å². The summed E-state index contributed by atoms with van der Waals surface area (Å²) in [6.45, 7) is 4.15. The molecule has 0 aliphatic carbocycles. The molecule has 0 spiro atoms. The number of urea groups is 1. The molecule has 1 saturated heterocycles. The lowest BCUT2D eigenvalue weighted by Crippen LogP contribution is -2.30. The van der Waals surface area contributed by atoms with Gasteiger partial charge in [-0.2, -0.15) is 0 Å². The maximum Gasteiger partial charge on any atom is 0.328 e. The van der Waals surface area contributed by atoms with E-state index in [1.165, 1.54) is 0 Å². The van der Waals surface area contributed by atoms with Crippen molar-refractivity contribution < 1.29 is 23.8 Å². The topological polar surface area (TPSA) is 77.1 Å². The first-order valence-electron chi connectivity index (χ1n) is 7.79. The van der Waals surface area contributed by atoms with Gasteiger partial charge in [-0.3, -0.25) is 9.69 Å². The molecule has 0 bridgehead atoms. The van der Waals surface area contributed by atoms with E-state index in [4.69, 9.17) is 14.2 Å². The van der Waals surface area contributed by atoms with Gasteiger partial charge in [-0.25, -0.2) is 4.79 Å². The minimum absolute atomic E-state index is 0.280. The minimum atomic E-state index is -0.387. The zero-order chi connectivity index (χ0) is 17.4. The highest BCUT2D eigenvalue weighted by molar-refractivity contribution is 6.13. The number of likely N-dealkylation sites (N-methyl/N-ethyl adjacent to an activating group) is 1. The van der Waals surface area contributed by atoms with Gasteiger partial charge in [0, 0.05) is 13.7 Å². The van der Waals surface area contributed by atoms with E-state index in [0.717, 1.165) is 10.5 Å². The third-order valence-corrected chi connectivity index (χ3v) is 3.40. The molecule has 2 rings (SSSR count). The molecule has 0 atom stereocenters. The van der Waals surface area contributed by atoms with Crippen LogP contribution in [0.3, 0.4) is 0 Å². The van der Waals surface area contributed by atoms with E-state index in [0.29, 0.717) is 38.7 Å². The zero-order valence-electron chi connectivity index (χ0n) is 13.9. The molecule has 7 nitrogen and oxygen atoms in total. The predicted octanol–water partition coefficient (Wildman–Crippen LogP) is 1.64. The van der Waals surface area contributed by atoms with Gasteiger partial charge in [0.15, 0.2) is 0 Å². The van der Waals surface area contributed by atoms with E-state index in [1.54, 1.807) is 32.2 Å². The van der Waals surface area contributed by atoms with E-state index in [2.05, 4.69) is 5.32 Å². The lowest BCUT2D eigenvalue weighted by Gasteiger charge is -2.07. The number of methoxy groups -OCH3 is 1. The summed E-state index contributed by atoms with van der Waals surface area (Å²) in [5.74, 6) is 0.403. The van der Waals surface area contributed by atoms with Crippen molar-refractivity contribution >= 4 is 18.0 Å². The van der Waals surface area contributed by atoms with Crippen LogP contribution in [0.2, 0.25) is 0 Å². The number of hydrogen-bond acceptors (Lipinski definition) is 5. The second-order valence-electron chi connectivity index (χ2n) is 5.06. The predicted molar refractivity (Wildman–Crippen MR) is 88.5 cm³/mol. The summed E-state index contributed by atoms with van der Waals surface area (Å²) in [6, 6.07) is 6.87. The molecule has 1 fully saturated rings. The number of nitrogens with zero attached hydrogens (tertiary/aromatic N) is 1. The van der Waals surface area contributed by atoms with Crippen molar-refractivity contribution in [2.45, 2.75) is 6.92 Å². The third-order valence-electron chi connectivity index (χ3n) is 3.40. The Morgan fingerprint density at radius 2 is 1.79 bits per heavy atom. The van der Waals surface area contributed by atoms with Gasteiger partial charge in [-0.15, -0.1) is 0 Å². The molecular weight excluding hydrogens is 312 g/mol. The summed E-state index contributed by atoms with van der Waals surface area (Å²) in [4.78, 5) is 24.8. The first kappa shape index (κ1) is 18.0. The van der Waals surface area contributed by atoms with Crippen molar-refractivity contribution in [2.24, 2.45) is 0 Å². The lowest BCUT2D eigenvalue weighted by atomic mass is 10.2. The van der Waals surface area contributed by atoms with Gasteiger partial charge in [0.1, 0.15) is 18.1 Å². The van der Waals surface area contributed by atoms with Gasteiger partial charge in [0.05, 0.1) is 19.8 Å². The second-order valence-corrected chi connectivity index (χ2v) is 5.06. The minimum Gasteiger partial charge on any atom is -0.491 e. The Morgan fingerprint density at radius 1 is 1.08 bits per heavy atom. The molecule has 7 heteroatoms. The van der Waals surface area contributed by atoms with Crippen LogP contribution in [0.15, 0.2) is 30.0 Å². The largest absolute Gasteiger partial charge is 0.491 e. The fraction of sp³-hybridized carbons (Fsp3) is 0.412. The molecule has 130 valence electrons. The van der Waals surface area contributed by atoms with Gasteiger partial charge >= 0.3 is 6.03 Å². The molecule has 0 saturated carbocycles. The average molecular weight is 334 g/mol. The summed E-state index contributed by atoms with van der Waals surface area (Å²) >= 11 is 0. The van der Waals surface area contributed by atoms with Gasteiger partial charge in [-0.1, -0.05) is 12.1 Å². The molecular formula is C17H22N2O5. The second kappa shape index (κ2) is 9.05. The van der Waals surface area contributed by atoms with Crippen LogP contribution in [-0.4, -0.2) is 56.9 Å². The Hall–Kier alpha value is -2.38. The molecule has 1 N–H and O–H groups in total. The van der Waals surface area contributed by atoms with Gasteiger partial charge < -0.3 is 19.5 Å². The van der Waals surface area contributed by atoms with Crippen LogP contribution in [0.25, 0.3) is 6.08 Å². The zero-order valence-corrected chi connectivity index (χ0v) is 13.9. The maximum absolute atomic E-state index is 12.0. The highest BCUT2D eigenvalue weighted by atomic mass is 16.5. The van der Waals surface area contributed by atoms with Crippen molar-refractivity contribution in [1.82, 2.24) is 10.2 Å². The van der Waals surface area contributed by atoms with E-state index in [-0.39, 0.29) is 17.6 Å². The Balaban J connectivity index is 1.85. The Bertz CT molecular complexity index is 598. The number of rotatable bonds is 9. The van der Waals surface area contributed by atoms with Crippen molar-refractivity contribution in [3.05, 3.63) is 35.5 Å². The van der Waals surface area contributed by atoms with Crippen molar-refractivity contribution in [2.75, 3.05) is 40.1 Å². The molecule has 0 radical (unpaired) electrons. The molecule has 3 amide bonds. The number of benzene rings is 1. The number of hydrogen-bond donors (Lipinski definition) is 1. The molecule has 1 aliphatic heterocycles. The lowest BCUT2D eigenvalue weighted by molar-refractivity contribution is -0.122. The van der Waals surface area contributed by atoms with E-state index < -0.39 is 0 Å². The van der Waals surface area contributed by atoms with Crippen LogP contribution in [0, 0.1) is 0 Å². The van der Waals surface area contributed by atoms with Crippen LogP contribution in [0.4, 0.5) is 4.79 Å². The van der Waals surface area contributed by atoms with Crippen molar-refractivity contribution in [3.63, 3.8) is 0 Å². The first-order valence-corrected chi connectivity index (χ1v) is 7.79. The van der Waals surface area contributed by atoms with Crippen LogP contribution in [0.5, 0.6) is 5.75 Å². The molecule has 0 unspecified atom stereocenters. The first-order chi connectivity index (χ1) is 11.7. The smallest absolute Gasteiger partial charge is 0.328 e. The summed E-state index contributed by atoms with van der Waals surface area (Å²) in [6.07, 6.45) is 1.65. The van der Waals surface area contributed by atoms with Crippen LogP contribution < -0.4 is 10.1 Å². The number of nitrogens with one attached hydrogen (secondary N) is 1. The Kier molecular flexibility index (Phi) is 6.77. The van der Waals surface area contributed by atoms with Crippen molar-refractivity contribution in [3.8, 4) is 5.75 Å². The molecule has 1 aromatic rings. The van der Waals surface area contributed by atoms with Gasteiger partial charge in [-0.05, 0) is 30.7 Å². The number of amides is 3.